The van der Waals surface area contributed by atoms with E-state index in [-0.39, 0.29) is 0 Å². The first kappa shape index (κ1) is 9.84. The smallest absolute Gasteiger partial charge is 0.122 e. The summed E-state index contributed by atoms with van der Waals surface area (Å²) in [5, 5.41) is 1.34. The Morgan fingerprint density at radius 3 is 1.67 bits per heavy atom. The molecule has 0 saturated heterocycles. The summed E-state index contributed by atoms with van der Waals surface area (Å²) < 4.78 is 5.52. The van der Waals surface area contributed by atoms with Crippen molar-refractivity contribution < 1.29 is 4.74 Å². The first-order valence-corrected chi connectivity index (χ1v) is 8.18. The lowest BCUT2D eigenvalue weighted by Crippen LogP contribution is -2.25. The molecule has 12 heavy (non-hydrogen) atoms. The van der Waals surface area contributed by atoms with Gasteiger partial charge in [0.05, 0.1) is 12.5 Å². The Morgan fingerprint density at radius 2 is 1.58 bits per heavy atom. The second-order valence-electron chi connectivity index (χ2n) is 4.82. The molecule has 1 aliphatic rings. The Labute approximate surface area is 76.8 Å². The van der Waals surface area contributed by atoms with E-state index in [2.05, 4.69) is 33.5 Å². The molecule has 2 heteroatoms. The van der Waals surface area contributed by atoms with Gasteiger partial charge < -0.3 is 4.74 Å². The first-order chi connectivity index (χ1) is 5.39. The Hall–Kier alpha value is -0.243. The van der Waals surface area contributed by atoms with Crippen LogP contribution in [0.4, 0.5) is 0 Å². The largest absolute Gasteiger partial charge is 0.506 e. The van der Waals surface area contributed by atoms with E-state index < -0.39 is 8.07 Å². The fraction of sp³-hybridized carbons (Fsp3) is 0.800. The van der Waals surface area contributed by atoms with Crippen LogP contribution in [0.25, 0.3) is 0 Å². The van der Waals surface area contributed by atoms with E-state index in [0.717, 1.165) is 11.8 Å². The summed E-state index contributed by atoms with van der Waals surface area (Å²) in [4.78, 5) is 0. The molecule has 1 aliphatic carbocycles. The molecular formula is C10H20OSi. The predicted octanol–water partition coefficient (Wildman–Crippen LogP) is 3.05. The van der Waals surface area contributed by atoms with Gasteiger partial charge in [-0.25, -0.2) is 0 Å². The maximum Gasteiger partial charge on any atom is 0.122 e. The maximum atomic E-state index is 5.52. The van der Waals surface area contributed by atoms with Crippen molar-refractivity contribution in [2.75, 3.05) is 7.11 Å². The minimum atomic E-state index is -1.21. The minimum absolute atomic E-state index is 0.770. The fourth-order valence-corrected chi connectivity index (χ4v) is 3.77. The summed E-state index contributed by atoms with van der Waals surface area (Å²) in [5.41, 5.74) is 1.58. The zero-order chi connectivity index (χ0) is 9.52. The molecule has 0 aromatic rings. The lowest BCUT2D eigenvalue weighted by molar-refractivity contribution is 0.313. The molecule has 0 aliphatic heterocycles. The number of hydrogen-bond acceptors (Lipinski definition) is 1. The topological polar surface area (TPSA) is 9.23 Å². The molecule has 0 amide bonds. The van der Waals surface area contributed by atoms with E-state index in [0.29, 0.717) is 0 Å². The van der Waals surface area contributed by atoms with Crippen molar-refractivity contribution in [2.24, 2.45) is 11.8 Å². The molecule has 1 fully saturated rings. The van der Waals surface area contributed by atoms with E-state index in [1.165, 1.54) is 5.38 Å². The van der Waals surface area contributed by atoms with Gasteiger partial charge in [-0.15, -0.1) is 0 Å². The molecule has 0 heterocycles. The summed E-state index contributed by atoms with van der Waals surface area (Å²) in [6, 6.07) is 0. The highest BCUT2D eigenvalue weighted by Crippen LogP contribution is 2.48. The Bertz CT molecular complexity index is 202. The second kappa shape index (κ2) is 2.91. The van der Waals surface area contributed by atoms with Gasteiger partial charge in [-0.3, -0.25) is 0 Å². The number of methoxy groups -OCH3 is 1. The van der Waals surface area contributed by atoms with Gasteiger partial charge in [-0.1, -0.05) is 33.5 Å². The standard InChI is InChI=1S/C10H20OSi/c1-7-8(2)9(7)10(11-3)12(4,5)6/h7-8H,1-6H3/t7-,8+. The predicted molar refractivity (Wildman–Crippen MR) is 55.7 cm³/mol. The normalized spacial score (nSPS) is 33.2. The molecule has 1 rings (SSSR count). The van der Waals surface area contributed by atoms with Crippen molar-refractivity contribution in [1.29, 1.82) is 0 Å². The van der Waals surface area contributed by atoms with Gasteiger partial charge in [0.2, 0.25) is 0 Å². The Kier molecular flexibility index (Phi) is 2.39. The molecule has 0 N–H and O–H groups in total. The molecule has 1 nitrogen and oxygen atoms in total. The maximum absolute atomic E-state index is 5.52. The van der Waals surface area contributed by atoms with Crippen molar-refractivity contribution in [3.63, 3.8) is 0 Å². The third-order valence-corrected chi connectivity index (χ3v) is 4.62. The summed E-state index contributed by atoms with van der Waals surface area (Å²) in [6.45, 7) is 11.6. The number of allylic oxidation sites excluding steroid dienone is 1. The molecular weight excluding hydrogens is 164 g/mol. The Balaban J connectivity index is 2.91. The third-order valence-electron chi connectivity index (χ3n) is 2.77. The molecule has 70 valence electrons. The average molecular weight is 184 g/mol. The molecule has 0 bridgehead atoms. The quantitative estimate of drug-likeness (QED) is 0.473. The van der Waals surface area contributed by atoms with Gasteiger partial charge in [0.15, 0.2) is 0 Å². The Morgan fingerprint density at radius 1 is 1.17 bits per heavy atom. The van der Waals surface area contributed by atoms with E-state index in [9.17, 15) is 0 Å². The van der Waals surface area contributed by atoms with Crippen molar-refractivity contribution >= 4 is 8.07 Å². The number of ether oxygens (including phenoxy) is 1. The average Bonchev–Trinajstić information content (AvgIpc) is 2.44. The molecule has 0 radical (unpaired) electrons. The van der Waals surface area contributed by atoms with Crippen molar-refractivity contribution in [3.8, 4) is 0 Å². The lowest BCUT2D eigenvalue weighted by atomic mass is 10.4. The highest BCUT2D eigenvalue weighted by molar-refractivity contribution is 6.82. The van der Waals surface area contributed by atoms with Gasteiger partial charge >= 0.3 is 0 Å². The van der Waals surface area contributed by atoms with Crippen LogP contribution in [0.5, 0.6) is 0 Å². The van der Waals surface area contributed by atoms with Crippen LogP contribution in [0.15, 0.2) is 11.0 Å². The van der Waals surface area contributed by atoms with E-state index in [1.54, 1.807) is 5.57 Å². The van der Waals surface area contributed by atoms with Crippen LogP contribution in [-0.2, 0) is 4.74 Å². The van der Waals surface area contributed by atoms with Crippen LogP contribution in [0.2, 0.25) is 19.6 Å². The monoisotopic (exact) mass is 184 g/mol. The van der Waals surface area contributed by atoms with E-state index >= 15 is 0 Å². The summed E-state index contributed by atoms with van der Waals surface area (Å²) in [7, 11) is 0.604. The highest BCUT2D eigenvalue weighted by atomic mass is 28.3. The second-order valence-corrected chi connectivity index (χ2v) is 9.77. The fourth-order valence-electron chi connectivity index (χ4n) is 1.84. The van der Waals surface area contributed by atoms with Gasteiger partial charge in [-0.05, 0) is 17.4 Å². The van der Waals surface area contributed by atoms with Crippen LogP contribution in [0.1, 0.15) is 13.8 Å². The first-order valence-electron chi connectivity index (χ1n) is 4.68. The zero-order valence-corrected chi connectivity index (χ0v) is 10.1. The SMILES string of the molecule is COC(=C1[C@@H](C)[C@H]1C)[Si](C)(C)C. The molecule has 0 aromatic heterocycles. The summed E-state index contributed by atoms with van der Waals surface area (Å²) in [6.07, 6.45) is 0. The molecule has 2 atom stereocenters. The van der Waals surface area contributed by atoms with Crippen LogP contribution in [0, 0.1) is 11.8 Å². The molecule has 0 aromatic carbocycles. The van der Waals surface area contributed by atoms with Gasteiger partial charge in [0.25, 0.3) is 0 Å². The van der Waals surface area contributed by atoms with E-state index in [4.69, 9.17) is 4.74 Å². The number of hydrogen-bond donors (Lipinski definition) is 0. The molecule has 0 unspecified atom stereocenters. The van der Waals surface area contributed by atoms with Crippen molar-refractivity contribution in [3.05, 3.63) is 11.0 Å². The highest BCUT2D eigenvalue weighted by Gasteiger charge is 2.42. The van der Waals surface area contributed by atoms with Crippen LogP contribution in [-0.4, -0.2) is 15.2 Å². The van der Waals surface area contributed by atoms with Gasteiger partial charge in [0.1, 0.15) is 8.07 Å². The van der Waals surface area contributed by atoms with Crippen LogP contribution in [0.3, 0.4) is 0 Å². The molecule has 0 spiro atoms. The lowest BCUT2D eigenvalue weighted by Gasteiger charge is -2.19. The van der Waals surface area contributed by atoms with Gasteiger partial charge in [-0.2, -0.15) is 0 Å². The number of rotatable bonds is 2. The van der Waals surface area contributed by atoms with Crippen molar-refractivity contribution in [2.45, 2.75) is 33.5 Å². The van der Waals surface area contributed by atoms with Crippen LogP contribution >= 0.6 is 0 Å². The summed E-state index contributed by atoms with van der Waals surface area (Å²) >= 11 is 0. The van der Waals surface area contributed by atoms with E-state index in [1.807, 2.05) is 7.11 Å². The van der Waals surface area contributed by atoms with Crippen molar-refractivity contribution in [1.82, 2.24) is 0 Å². The minimum Gasteiger partial charge on any atom is -0.506 e. The molecule has 1 saturated carbocycles. The van der Waals surface area contributed by atoms with Gasteiger partial charge in [0, 0.05) is 0 Å². The third kappa shape index (κ3) is 1.58. The van der Waals surface area contributed by atoms with Crippen LogP contribution < -0.4 is 0 Å². The zero-order valence-electron chi connectivity index (χ0n) is 9.06. The summed E-state index contributed by atoms with van der Waals surface area (Å²) in [5.74, 6) is 1.54.